The molecular weight excluding hydrogens is 435 g/mol. The predicted molar refractivity (Wildman–Crippen MR) is 121 cm³/mol. The number of fused-ring (bicyclic) bond motifs is 2. The number of H-pyrrole nitrogens is 1. The highest BCUT2D eigenvalue weighted by Crippen LogP contribution is 2.35. The minimum Gasteiger partial charge on any atom is -0.361 e. The van der Waals surface area contributed by atoms with Crippen molar-refractivity contribution in [3.63, 3.8) is 0 Å². The molecule has 0 radical (unpaired) electrons. The molecule has 4 nitrogen and oxygen atoms in total. The highest BCUT2D eigenvalue weighted by Gasteiger charge is 2.35. The third-order valence-electron chi connectivity index (χ3n) is 6.17. The topological polar surface area (TPSA) is 43.4 Å². The van der Waals surface area contributed by atoms with Gasteiger partial charge in [0.25, 0.3) is 0 Å². The number of aromatic nitrogens is 1. The average Bonchev–Trinajstić information content (AvgIpc) is 3.23. The molecule has 0 amide bonds. The molecule has 0 bridgehead atoms. The lowest BCUT2D eigenvalue weighted by Crippen LogP contribution is -2.41. The predicted octanol–water partition coefficient (Wildman–Crippen LogP) is 4.33. The molecule has 1 aliphatic carbocycles. The molecule has 2 aliphatic rings. The fraction of sp³-hybridized carbons (Fsp3) is 0.571. The normalized spacial score (nSPS) is 23.0. The second kappa shape index (κ2) is 8.63. The highest BCUT2D eigenvalue weighted by atomic mass is 127. The maximum Gasteiger partial charge on any atom is 0.193 e. The molecular formula is C21H31IN4. The molecule has 2 atom stereocenters. The largest absolute Gasteiger partial charge is 0.361 e. The van der Waals surface area contributed by atoms with E-state index >= 15 is 0 Å². The number of para-hydroxylation sites is 1. The summed E-state index contributed by atoms with van der Waals surface area (Å²) in [6.07, 6.45) is 8.83. The molecule has 1 aromatic carbocycles. The number of aryl methyl sites for hydroxylation is 1. The SMILES string of the molecule is CN=C(NCCc1c[nH]c2c(C)cccc12)N1CC2CCCCC2C1.I. The second-order valence-corrected chi connectivity index (χ2v) is 7.74. The smallest absolute Gasteiger partial charge is 0.193 e. The van der Waals surface area contributed by atoms with Crippen LogP contribution in [0, 0.1) is 18.8 Å². The number of aliphatic imine (C=N–C) groups is 1. The summed E-state index contributed by atoms with van der Waals surface area (Å²) in [6.45, 7) is 5.47. The number of benzene rings is 1. The van der Waals surface area contributed by atoms with Crippen LogP contribution in [0.15, 0.2) is 29.4 Å². The lowest BCUT2D eigenvalue weighted by atomic mass is 9.82. The van der Waals surface area contributed by atoms with Gasteiger partial charge in [-0.15, -0.1) is 24.0 Å². The number of likely N-dealkylation sites (tertiary alicyclic amines) is 1. The molecule has 0 spiro atoms. The first kappa shape index (κ1) is 19.5. The van der Waals surface area contributed by atoms with Crippen molar-refractivity contribution < 1.29 is 0 Å². The van der Waals surface area contributed by atoms with Gasteiger partial charge >= 0.3 is 0 Å². The lowest BCUT2D eigenvalue weighted by molar-refractivity contribution is 0.299. The third kappa shape index (κ3) is 3.87. The second-order valence-electron chi connectivity index (χ2n) is 7.74. The van der Waals surface area contributed by atoms with Gasteiger partial charge in [0.2, 0.25) is 0 Å². The molecule has 1 aromatic heterocycles. The summed E-state index contributed by atoms with van der Waals surface area (Å²) in [4.78, 5) is 10.5. The molecule has 2 fully saturated rings. The maximum absolute atomic E-state index is 4.55. The van der Waals surface area contributed by atoms with E-state index in [1.807, 2.05) is 7.05 Å². The van der Waals surface area contributed by atoms with E-state index in [-0.39, 0.29) is 24.0 Å². The number of guanidine groups is 1. The first-order chi connectivity index (χ1) is 12.3. The van der Waals surface area contributed by atoms with Gasteiger partial charge in [0.15, 0.2) is 5.96 Å². The zero-order chi connectivity index (χ0) is 17.2. The van der Waals surface area contributed by atoms with Gasteiger partial charge in [0.1, 0.15) is 0 Å². The molecule has 142 valence electrons. The minimum atomic E-state index is 0. The van der Waals surface area contributed by atoms with Crippen LogP contribution in [0.25, 0.3) is 10.9 Å². The number of rotatable bonds is 3. The first-order valence-corrected chi connectivity index (χ1v) is 9.77. The van der Waals surface area contributed by atoms with Gasteiger partial charge in [-0.25, -0.2) is 0 Å². The summed E-state index contributed by atoms with van der Waals surface area (Å²) in [7, 11) is 1.92. The van der Waals surface area contributed by atoms with Crippen LogP contribution in [0.1, 0.15) is 36.8 Å². The number of halogens is 1. The molecule has 1 saturated heterocycles. The van der Waals surface area contributed by atoms with Crippen molar-refractivity contribution in [1.29, 1.82) is 0 Å². The van der Waals surface area contributed by atoms with Crippen LogP contribution < -0.4 is 5.32 Å². The zero-order valence-electron chi connectivity index (χ0n) is 15.9. The lowest BCUT2D eigenvalue weighted by Gasteiger charge is -2.22. The van der Waals surface area contributed by atoms with Gasteiger partial charge in [-0.3, -0.25) is 4.99 Å². The molecule has 4 rings (SSSR count). The Balaban J connectivity index is 0.00000196. The van der Waals surface area contributed by atoms with Crippen LogP contribution in [0.5, 0.6) is 0 Å². The average molecular weight is 466 g/mol. The van der Waals surface area contributed by atoms with E-state index in [9.17, 15) is 0 Å². The quantitative estimate of drug-likeness (QED) is 0.402. The van der Waals surface area contributed by atoms with E-state index in [1.54, 1.807) is 0 Å². The Morgan fingerprint density at radius 3 is 2.65 bits per heavy atom. The summed E-state index contributed by atoms with van der Waals surface area (Å²) in [6, 6.07) is 6.52. The standard InChI is InChI=1S/C21H30N4.HI/c1-15-6-5-9-19-16(12-24-20(15)19)10-11-23-21(22-2)25-13-17-7-3-4-8-18(17)14-25;/h5-6,9,12,17-18,24H,3-4,7-8,10-11,13-14H2,1-2H3,(H,22,23);1H. The Morgan fingerprint density at radius 1 is 1.23 bits per heavy atom. The van der Waals surface area contributed by atoms with Gasteiger partial charge in [-0.2, -0.15) is 0 Å². The number of nitrogens with zero attached hydrogens (tertiary/aromatic N) is 2. The third-order valence-corrected chi connectivity index (χ3v) is 6.17. The first-order valence-electron chi connectivity index (χ1n) is 9.77. The van der Waals surface area contributed by atoms with Gasteiger partial charge in [-0.05, 0) is 49.1 Å². The maximum atomic E-state index is 4.55. The van der Waals surface area contributed by atoms with E-state index in [0.29, 0.717) is 0 Å². The molecule has 2 unspecified atom stereocenters. The van der Waals surface area contributed by atoms with Crippen LogP contribution in [-0.2, 0) is 6.42 Å². The summed E-state index contributed by atoms with van der Waals surface area (Å²) in [5.74, 6) is 2.87. The van der Waals surface area contributed by atoms with Crippen LogP contribution in [0.3, 0.4) is 0 Å². The molecule has 2 N–H and O–H groups in total. The van der Waals surface area contributed by atoms with E-state index in [1.165, 1.54) is 60.8 Å². The van der Waals surface area contributed by atoms with Gasteiger partial charge < -0.3 is 15.2 Å². The number of hydrogen-bond donors (Lipinski definition) is 2. The number of aromatic amines is 1. The van der Waals surface area contributed by atoms with Crippen LogP contribution in [-0.4, -0.2) is 42.5 Å². The van der Waals surface area contributed by atoms with Crippen molar-refractivity contribution in [3.8, 4) is 0 Å². The molecule has 2 aromatic rings. The zero-order valence-corrected chi connectivity index (χ0v) is 18.3. The van der Waals surface area contributed by atoms with Gasteiger partial charge in [-0.1, -0.05) is 31.0 Å². The van der Waals surface area contributed by atoms with Crippen molar-refractivity contribution in [2.24, 2.45) is 16.8 Å². The summed E-state index contributed by atoms with van der Waals surface area (Å²) < 4.78 is 0. The Hall–Kier alpha value is -1.24. The molecule has 2 heterocycles. The van der Waals surface area contributed by atoms with Crippen LogP contribution in [0.2, 0.25) is 0 Å². The summed E-state index contributed by atoms with van der Waals surface area (Å²) in [5, 5.41) is 4.95. The monoisotopic (exact) mass is 466 g/mol. The van der Waals surface area contributed by atoms with Crippen LogP contribution in [0.4, 0.5) is 0 Å². The molecule has 1 saturated carbocycles. The number of nitrogens with one attached hydrogen (secondary N) is 2. The van der Waals surface area contributed by atoms with E-state index in [0.717, 1.165) is 30.8 Å². The molecule has 1 aliphatic heterocycles. The van der Waals surface area contributed by atoms with Gasteiger partial charge in [0, 0.05) is 43.8 Å². The van der Waals surface area contributed by atoms with Crippen molar-refractivity contribution in [2.45, 2.75) is 39.0 Å². The Morgan fingerprint density at radius 2 is 1.96 bits per heavy atom. The van der Waals surface area contributed by atoms with Crippen molar-refractivity contribution in [2.75, 3.05) is 26.7 Å². The summed E-state index contributed by atoms with van der Waals surface area (Å²) in [5.41, 5.74) is 3.97. The fourth-order valence-electron chi connectivity index (χ4n) is 4.79. The Labute approximate surface area is 173 Å². The van der Waals surface area contributed by atoms with Gasteiger partial charge in [0.05, 0.1) is 0 Å². The molecule has 26 heavy (non-hydrogen) atoms. The fourth-order valence-corrected chi connectivity index (χ4v) is 4.79. The Bertz CT molecular complexity index is 752. The Kier molecular flexibility index (Phi) is 6.48. The van der Waals surface area contributed by atoms with Crippen molar-refractivity contribution in [3.05, 3.63) is 35.5 Å². The number of hydrogen-bond acceptors (Lipinski definition) is 1. The van der Waals surface area contributed by atoms with E-state index in [4.69, 9.17) is 0 Å². The van der Waals surface area contributed by atoms with Crippen molar-refractivity contribution >= 4 is 40.8 Å². The summed E-state index contributed by atoms with van der Waals surface area (Å²) >= 11 is 0. The van der Waals surface area contributed by atoms with Crippen LogP contribution >= 0.6 is 24.0 Å². The van der Waals surface area contributed by atoms with E-state index < -0.39 is 0 Å². The van der Waals surface area contributed by atoms with Crippen molar-refractivity contribution in [1.82, 2.24) is 15.2 Å². The van der Waals surface area contributed by atoms with E-state index in [2.05, 4.69) is 51.5 Å². The highest BCUT2D eigenvalue weighted by molar-refractivity contribution is 14.0. The minimum absolute atomic E-state index is 0. The molecule has 5 heteroatoms.